The first-order valence-corrected chi connectivity index (χ1v) is 11.0. The largest absolute Gasteiger partial charge is 0.416 e. The number of hydrogen-bond acceptors (Lipinski definition) is 4. The molecule has 0 amide bonds. The second-order valence-electron chi connectivity index (χ2n) is 7.33. The minimum absolute atomic E-state index is 0. The number of morpholine rings is 1. The van der Waals surface area contributed by atoms with Gasteiger partial charge in [0.2, 0.25) is 0 Å². The number of rotatable bonds is 4. The van der Waals surface area contributed by atoms with Crippen LogP contribution in [0.25, 0.3) is 0 Å². The van der Waals surface area contributed by atoms with E-state index in [0.29, 0.717) is 25.3 Å². The van der Waals surface area contributed by atoms with E-state index in [-0.39, 0.29) is 28.7 Å². The molecule has 30 heavy (non-hydrogen) atoms. The highest BCUT2D eigenvalue weighted by molar-refractivity contribution is 14.0. The predicted octanol–water partition coefficient (Wildman–Crippen LogP) is 4.18. The highest BCUT2D eigenvalue weighted by Crippen LogP contribution is 2.34. The Morgan fingerprint density at radius 1 is 1.30 bits per heavy atom. The van der Waals surface area contributed by atoms with Crippen LogP contribution < -0.4 is 5.32 Å². The van der Waals surface area contributed by atoms with Gasteiger partial charge in [-0.1, -0.05) is 12.1 Å². The van der Waals surface area contributed by atoms with Gasteiger partial charge in [-0.2, -0.15) is 24.9 Å². The average Bonchev–Trinajstić information content (AvgIpc) is 2.74. The lowest BCUT2D eigenvalue weighted by molar-refractivity contribution is -0.137. The first kappa shape index (κ1) is 25.5. The van der Waals surface area contributed by atoms with Crippen molar-refractivity contribution in [1.29, 1.82) is 0 Å². The van der Waals surface area contributed by atoms with E-state index >= 15 is 0 Å². The van der Waals surface area contributed by atoms with E-state index in [1.54, 1.807) is 13.1 Å². The Balaban J connectivity index is 0.00000320. The quantitative estimate of drug-likeness (QED) is 0.341. The molecule has 1 unspecified atom stereocenters. The minimum Gasteiger partial charge on any atom is -0.381 e. The third-order valence-corrected chi connectivity index (χ3v) is 6.99. The molecule has 0 bridgehead atoms. The van der Waals surface area contributed by atoms with Crippen molar-refractivity contribution in [2.45, 2.75) is 29.9 Å². The lowest BCUT2D eigenvalue weighted by atomic mass is 9.99. The van der Waals surface area contributed by atoms with Gasteiger partial charge in [0.25, 0.3) is 0 Å². The maximum atomic E-state index is 13.1. The molecule has 1 aromatic carbocycles. The van der Waals surface area contributed by atoms with Gasteiger partial charge in [0.05, 0.1) is 18.7 Å². The zero-order valence-corrected chi connectivity index (χ0v) is 20.4. The Labute approximate surface area is 197 Å². The van der Waals surface area contributed by atoms with Gasteiger partial charge in [-0.3, -0.25) is 4.99 Å². The van der Waals surface area contributed by atoms with Crippen LogP contribution >= 0.6 is 35.7 Å². The molecule has 0 radical (unpaired) electrons. The Kier molecular flexibility index (Phi) is 9.57. The molecule has 1 aromatic rings. The summed E-state index contributed by atoms with van der Waals surface area (Å²) in [5.41, 5.74) is -0.121. The number of nitrogens with one attached hydrogen (secondary N) is 1. The topological polar surface area (TPSA) is 46.1 Å². The first-order valence-electron chi connectivity index (χ1n) is 9.74. The van der Waals surface area contributed by atoms with Gasteiger partial charge in [-0.25, -0.2) is 0 Å². The molecule has 3 rings (SSSR count). The van der Waals surface area contributed by atoms with Crippen molar-refractivity contribution in [3.05, 3.63) is 35.4 Å². The maximum Gasteiger partial charge on any atom is 0.416 e. The van der Waals surface area contributed by atoms with Crippen molar-refractivity contribution < 1.29 is 22.6 Å². The van der Waals surface area contributed by atoms with E-state index in [1.807, 2.05) is 11.8 Å². The van der Waals surface area contributed by atoms with Gasteiger partial charge in [-0.05, 0) is 36.8 Å². The number of nitrogens with zero attached hydrogens (tertiary/aromatic N) is 2. The van der Waals surface area contributed by atoms with Crippen LogP contribution in [0.2, 0.25) is 0 Å². The van der Waals surface area contributed by atoms with Crippen molar-refractivity contribution in [1.82, 2.24) is 10.2 Å². The number of benzene rings is 1. The first-order chi connectivity index (χ1) is 13.9. The summed E-state index contributed by atoms with van der Waals surface area (Å²) in [6, 6.07) is 5.38. The highest BCUT2D eigenvalue weighted by Gasteiger charge is 2.34. The summed E-state index contributed by atoms with van der Waals surface area (Å²) in [6.07, 6.45) is -0.712. The van der Waals surface area contributed by atoms with Crippen LogP contribution in [-0.4, -0.2) is 68.4 Å². The van der Waals surface area contributed by atoms with Crippen LogP contribution in [0.1, 0.15) is 30.1 Å². The van der Waals surface area contributed by atoms with Gasteiger partial charge in [0.15, 0.2) is 5.96 Å². The molecule has 0 saturated carbocycles. The number of halogens is 4. The lowest BCUT2D eigenvalue weighted by Crippen LogP contribution is -2.52. The number of hydrogen-bond donors (Lipinski definition) is 1. The highest BCUT2D eigenvalue weighted by atomic mass is 127. The lowest BCUT2D eigenvalue weighted by Gasteiger charge is -2.39. The predicted molar refractivity (Wildman–Crippen MR) is 125 cm³/mol. The van der Waals surface area contributed by atoms with E-state index in [1.165, 1.54) is 12.1 Å². The zero-order chi connectivity index (χ0) is 20.9. The molecule has 170 valence electrons. The fourth-order valence-corrected chi connectivity index (χ4v) is 4.52. The van der Waals surface area contributed by atoms with Gasteiger partial charge in [-0.15, -0.1) is 24.0 Å². The SMILES string of the molecule is CN=C(NCC1(SC)CCOCC1)N1CCOC(c2cccc(C(F)(F)F)c2)C1.I. The van der Waals surface area contributed by atoms with Crippen LogP contribution in [0.3, 0.4) is 0 Å². The number of guanidine groups is 1. The van der Waals surface area contributed by atoms with Crippen molar-refractivity contribution in [2.24, 2.45) is 4.99 Å². The molecule has 2 aliphatic heterocycles. The van der Waals surface area contributed by atoms with E-state index < -0.39 is 17.8 Å². The molecule has 1 N–H and O–H groups in total. The van der Waals surface area contributed by atoms with Gasteiger partial charge in [0.1, 0.15) is 6.10 Å². The summed E-state index contributed by atoms with van der Waals surface area (Å²) >= 11 is 1.85. The maximum absolute atomic E-state index is 13.1. The van der Waals surface area contributed by atoms with Crippen molar-refractivity contribution in [3.8, 4) is 0 Å². The molecule has 2 saturated heterocycles. The fourth-order valence-electron chi connectivity index (χ4n) is 3.73. The molecular weight excluding hydrogens is 530 g/mol. The third-order valence-electron chi connectivity index (χ3n) is 5.57. The molecule has 1 atom stereocenters. The van der Waals surface area contributed by atoms with Crippen LogP contribution in [0.4, 0.5) is 13.2 Å². The monoisotopic (exact) mass is 559 g/mol. The third kappa shape index (κ3) is 6.39. The molecule has 2 fully saturated rings. The summed E-state index contributed by atoms with van der Waals surface area (Å²) in [7, 11) is 1.73. The summed E-state index contributed by atoms with van der Waals surface area (Å²) in [5.74, 6) is 0.755. The summed E-state index contributed by atoms with van der Waals surface area (Å²) in [4.78, 5) is 6.46. The second kappa shape index (κ2) is 11.2. The zero-order valence-electron chi connectivity index (χ0n) is 17.2. The molecule has 2 aliphatic rings. The molecular formula is C20H29F3IN3O2S. The summed E-state index contributed by atoms with van der Waals surface area (Å²) < 4.78 is 50.5. The van der Waals surface area contributed by atoms with E-state index in [4.69, 9.17) is 9.47 Å². The Morgan fingerprint density at radius 2 is 2.03 bits per heavy atom. The van der Waals surface area contributed by atoms with E-state index in [9.17, 15) is 13.2 Å². The summed E-state index contributed by atoms with van der Waals surface area (Å²) in [6.45, 7) is 3.83. The Hall–Kier alpha value is -0.720. The molecule has 5 nitrogen and oxygen atoms in total. The molecule has 2 heterocycles. The smallest absolute Gasteiger partial charge is 0.381 e. The molecule has 10 heteroatoms. The van der Waals surface area contributed by atoms with Crippen LogP contribution in [-0.2, 0) is 15.7 Å². The number of aliphatic imine (C=N–C) groups is 1. The van der Waals surface area contributed by atoms with Crippen LogP contribution in [0.5, 0.6) is 0 Å². The number of thioether (sulfide) groups is 1. The van der Waals surface area contributed by atoms with Crippen molar-refractivity contribution in [3.63, 3.8) is 0 Å². The molecule has 0 spiro atoms. The summed E-state index contributed by atoms with van der Waals surface area (Å²) in [5, 5.41) is 3.47. The van der Waals surface area contributed by atoms with Crippen molar-refractivity contribution >= 4 is 41.7 Å². The second-order valence-corrected chi connectivity index (χ2v) is 8.60. The average molecular weight is 559 g/mol. The van der Waals surface area contributed by atoms with E-state index in [2.05, 4.69) is 21.5 Å². The minimum atomic E-state index is -4.36. The van der Waals surface area contributed by atoms with Crippen LogP contribution in [0, 0.1) is 0 Å². The molecule has 0 aromatic heterocycles. The van der Waals surface area contributed by atoms with Gasteiger partial charge < -0.3 is 19.7 Å². The number of ether oxygens (including phenoxy) is 2. The van der Waals surface area contributed by atoms with Gasteiger partial charge in [0, 0.05) is 38.1 Å². The Bertz CT molecular complexity index is 715. The fraction of sp³-hybridized carbons (Fsp3) is 0.650. The van der Waals surface area contributed by atoms with E-state index in [0.717, 1.165) is 44.6 Å². The normalized spacial score (nSPS) is 22.4. The van der Waals surface area contributed by atoms with Crippen LogP contribution in [0.15, 0.2) is 29.3 Å². The molecule has 0 aliphatic carbocycles. The Morgan fingerprint density at radius 3 is 2.67 bits per heavy atom. The van der Waals surface area contributed by atoms with Gasteiger partial charge >= 0.3 is 6.18 Å². The number of alkyl halides is 3. The van der Waals surface area contributed by atoms with Crippen molar-refractivity contribution in [2.75, 3.05) is 52.8 Å². The standard InChI is InChI=1S/C20H28F3N3O2S.HI/c1-24-18(25-14-19(29-2)6-9-27-10-7-19)26-8-11-28-17(13-26)15-4-3-5-16(12-15)20(21,22)23;/h3-5,12,17H,6-11,13-14H2,1-2H3,(H,24,25);1H.